The van der Waals surface area contributed by atoms with Crippen molar-refractivity contribution in [3.8, 4) is 5.75 Å². The fourth-order valence-electron chi connectivity index (χ4n) is 3.51. The van der Waals surface area contributed by atoms with Crippen LogP contribution >= 0.6 is 11.3 Å². The number of hydrogen-bond acceptors (Lipinski definition) is 6. The third kappa shape index (κ3) is 3.98. The number of nitrogens with one attached hydrogen (secondary N) is 1. The number of piperidine rings is 1. The molecule has 1 N–H and O–H groups in total. The Labute approximate surface area is 173 Å². The van der Waals surface area contributed by atoms with Crippen LogP contribution in [0.5, 0.6) is 5.75 Å². The monoisotopic (exact) mass is 431 g/mol. The van der Waals surface area contributed by atoms with Crippen molar-refractivity contribution in [3.63, 3.8) is 0 Å². The van der Waals surface area contributed by atoms with Crippen molar-refractivity contribution in [1.82, 2.24) is 9.29 Å². The van der Waals surface area contributed by atoms with Crippen LogP contribution in [0.25, 0.3) is 10.2 Å². The lowest BCUT2D eigenvalue weighted by Gasteiger charge is -2.30. The number of thiazole rings is 1. The van der Waals surface area contributed by atoms with Crippen molar-refractivity contribution in [1.29, 1.82) is 0 Å². The molecule has 0 saturated carbocycles. The van der Waals surface area contributed by atoms with E-state index in [-0.39, 0.29) is 16.7 Å². The largest absolute Gasteiger partial charge is 0.495 e. The second kappa shape index (κ2) is 8.10. The summed E-state index contributed by atoms with van der Waals surface area (Å²) in [6.07, 6.45) is 0.943. The Morgan fingerprint density at radius 3 is 2.72 bits per heavy atom. The molecule has 9 heteroatoms. The Kier molecular flexibility index (Phi) is 5.53. The minimum Gasteiger partial charge on any atom is -0.495 e. The van der Waals surface area contributed by atoms with Crippen LogP contribution in [0, 0.1) is 5.92 Å². The maximum absolute atomic E-state index is 13.0. The molecule has 7 nitrogen and oxygen atoms in total. The number of carbonyl (C=O) groups excluding carboxylic acids is 1. The van der Waals surface area contributed by atoms with Crippen molar-refractivity contribution in [2.24, 2.45) is 5.92 Å². The predicted octanol–water partition coefficient (Wildman–Crippen LogP) is 3.34. The van der Waals surface area contributed by atoms with Crippen LogP contribution in [0.4, 0.5) is 5.69 Å². The number of para-hydroxylation sites is 1. The smallest absolute Gasteiger partial charge is 0.246 e. The van der Waals surface area contributed by atoms with Gasteiger partial charge >= 0.3 is 0 Å². The molecule has 29 heavy (non-hydrogen) atoms. The molecule has 0 unspecified atom stereocenters. The second-order valence-corrected chi connectivity index (χ2v) is 9.65. The summed E-state index contributed by atoms with van der Waals surface area (Å²) in [5, 5.41) is 2.93. The minimum atomic E-state index is -3.66. The van der Waals surface area contributed by atoms with Crippen molar-refractivity contribution in [2.45, 2.75) is 17.7 Å². The number of aromatic nitrogens is 1. The number of carbonyl (C=O) groups is 1. The molecular formula is C20H21N3O4S2. The number of hydrogen-bond donors (Lipinski definition) is 1. The highest BCUT2D eigenvalue weighted by Gasteiger charge is 2.33. The highest BCUT2D eigenvalue weighted by molar-refractivity contribution is 7.89. The first kappa shape index (κ1) is 19.8. The molecule has 152 valence electrons. The molecule has 1 fully saturated rings. The van der Waals surface area contributed by atoms with E-state index >= 15 is 0 Å². The molecule has 4 rings (SSSR count). The summed E-state index contributed by atoms with van der Waals surface area (Å²) in [6.45, 7) is 0.590. The van der Waals surface area contributed by atoms with Gasteiger partial charge in [0.25, 0.3) is 0 Å². The van der Waals surface area contributed by atoms with Gasteiger partial charge < -0.3 is 10.1 Å². The lowest BCUT2D eigenvalue weighted by atomic mass is 9.97. The quantitative estimate of drug-likeness (QED) is 0.669. The highest BCUT2D eigenvalue weighted by atomic mass is 32.2. The van der Waals surface area contributed by atoms with Crippen LogP contribution in [-0.2, 0) is 14.8 Å². The molecule has 0 aliphatic carbocycles. The van der Waals surface area contributed by atoms with E-state index in [2.05, 4.69) is 10.3 Å². The van der Waals surface area contributed by atoms with E-state index in [1.807, 2.05) is 18.2 Å². The maximum Gasteiger partial charge on any atom is 0.246 e. The first-order chi connectivity index (χ1) is 14.0. The van der Waals surface area contributed by atoms with Crippen LogP contribution in [0.1, 0.15) is 12.8 Å². The Balaban J connectivity index is 1.41. The molecular weight excluding hydrogens is 410 g/mol. The molecule has 2 aromatic carbocycles. The Bertz CT molecular complexity index is 1140. The average molecular weight is 432 g/mol. The molecule has 2 heterocycles. The lowest BCUT2D eigenvalue weighted by Crippen LogP contribution is -2.41. The predicted molar refractivity (Wildman–Crippen MR) is 113 cm³/mol. The average Bonchev–Trinajstić information content (AvgIpc) is 3.21. The molecule has 0 bridgehead atoms. The molecule has 0 spiro atoms. The van der Waals surface area contributed by atoms with Gasteiger partial charge in [-0.25, -0.2) is 13.4 Å². The SMILES string of the molecule is COc1ccccc1S(=O)(=O)N1CCC(C(=O)Nc2ccc3scnc3c2)CC1. The van der Waals surface area contributed by atoms with Gasteiger partial charge in [0.05, 0.1) is 22.8 Å². The summed E-state index contributed by atoms with van der Waals surface area (Å²) in [7, 11) is -2.21. The molecule has 0 atom stereocenters. The zero-order valence-corrected chi connectivity index (χ0v) is 17.5. The first-order valence-electron chi connectivity index (χ1n) is 9.26. The number of ether oxygens (including phenoxy) is 1. The van der Waals surface area contributed by atoms with E-state index in [1.54, 1.807) is 41.1 Å². The van der Waals surface area contributed by atoms with Gasteiger partial charge in [0, 0.05) is 24.7 Å². The zero-order valence-electron chi connectivity index (χ0n) is 15.9. The molecule has 1 amide bonds. The van der Waals surface area contributed by atoms with E-state index in [1.165, 1.54) is 11.4 Å². The van der Waals surface area contributed by atoms with Crippen molar-refractivity contribution >= 4 is 43.2 Å². The minimum absolute atomic E-state index is 0.0890. The van der Waals surface area contributed by atoms with Crippen LogP contribution in [0.15, 0.2) is 52.9 Å². The van der Waals surface area contributed by atoms with Crippen molar-refractivity contribution in [2.75, 3.05) is 25.5 Å². The first-order valence-corrected chi connectivity index (χ1v) is 11.6. The van der Waals surface area contributed by atoms with Crippen molar-refractivity contribution < 1.29 is 17.9 Å². The summed E-state index contributed by atoms with van der Waals surface area (Å²) < 4.78 is 33.6. The van der Waals surface area contributed by atoms with E-state index in [0.29, 0.717) is 37.4 Å². The summed E-state index contributed by atoms with van der Waals surface area (Å²) in [4.78, 5) is 17.1. The summed E-state index contributed by atoms with van der Waals surface area (Å²) >= 11 is 1.55. The van der Waals surface area contributed by atoms with E-state index in [9.17, 15) is 13.2 Å². The molecule has 0 radical (unpaired) electrons. The van der Waals surface area contributed by atoms with E-state index in [4.69, 9.17) is 4.74 Å². The maximum atomic E-state index is 13.0. The van der Waals surface area contributed by atoms with Gasteiger partial charge in [-0.15, -0.1) is 11.3 Å². The lowest BCUT2D eigenvalue weighted by molar-refractivity contribution is -0.120. The molecule has 1 saturated heterocycles. The van der Waals surface area contributed by atoms with Crippen LogP contribution in [0.2, 0.25) is 0 Å². The molecule has 3 aromatic rings. The number of rotatable bonds is 5. The number of nitrogens with zero attached hydrogens (tertiary/aromatic N) is 2. The fraction of sp³-hybridized carbons (Fsp3) is 0.300. The number of benzene rings is 2. The van der Waals surface area contributed by atoms with Crippen LogP contribution in [0.3, 0.4) is 0 Å². The Hall–Kier alpha value is -2.49. The number of sulfonamides is 1. The van der Waals surface area contributed by atoms with Gasteiger partial charge in [0.15, 0.2) is 0 Å². The van der Waals surface area contributed by atoms with Gasteiger partial charge in [-0.2, -0.15) is 4.31 Å². The fourth-order valence-corrected chi connectivity index (χ4v) is 5.79. The zero-order chi connectivity index (χ0) is 20.4. The topological polar surface area (TPSA) is 88.6 Å². The second-order valence-electron chi connectivity index (χ2n) is 6.85. The highest BCUT2D eigenvalue weighted by Crippen LogP contribution is 2.30. The molecule has 1 aromatic heterocycles. The van der Waals surface area contributed by atoms with Crippen LogP contribution in [-0.4, -0.2) is 43.8 Å². The number of amides is 1. The third-order valence-corrected chi connectivity index (χ3v) is 7.86. The van der Waals surface area contributed by atoms with Gasteiger partial charge in [0.2, 0.25) is 15.9 Å². The number of fused-ring (bicyclic) bond motifs is 1. The molecule has 1 aliphatic rings. The summed E-state index contributed by atoms with van der Waals surface area (Å²) in [6, 6.07) is 12.2. The standard InChI is InChI=1S/C20H21N3O4S2/c1-27-17-4-2-3-5-19(17)29(25,26)23-10-8-14(9-11-23)20(24)22-15-6-7-18-16(12-15)21-13-28-18/h2-7,12-14H,8-11H2,1H3,(H,22,24). The third-order valence-electron chi connectivity index (χ3n) is 5.11. The summed E-state index contributed by atoms with van der Waals surface area (Å²) in [5.74, 6) is 0.00367. The number of methoxy groups -OCH3 is 1. The van der Waals surface area contributed by atoms with Gasteiger partial charge in [-0.05, 0) is 43.2 Å². The number of anilines is 1. The van der Waals surface area contributed by atoms with E-state index in [0.717, 1.165) is 10.2 Å². The summed E-state index contributed by atoms with van der Waals surface area (Å²) in [5.41, 5.74) is 3.33. The Morgan fingerprint density at radius 1 is 1.21 bits per heavy atom. The molecule has 1 aliphatic heterocycles. The Morgan fingerprint density at radius 2 is 1.97 bits per heavy atom. The van der Waals surface area contributed by atoms with Gasteiger partial charge in [0.1, 0.15) is 10.6 Å². The van der Waals surface area contributed by atoms with Crippen LogP contribution < -0.4 is 10.1 Å². The van der Waals surface area contributed by atoms with E-state index < -0.39 is 10.0 Å². The normalized spacial score (nSPS) is 16.0. The van der Waals surface area contributed by atoms with Gasteiger partial charge in [-0.1, -0.05) is 12.1 Å². The van der Waals surface area contributed by atoms with Gasteiger partial charge in [-0.3, -0.25) is 4.79 Å². The van der Waals surface area contributed by atoms with Crippen molar-refractivity contribution in [3.05, 3.63) is 48.0 Å².